The van der Waals surface area contributed by atoms with Crippen LogP contribution in [-0.4, -0.2) is 105 Å². The summed E-state index contributed by atoms with van der Waals surface area (Å²) >= 11 is 0. The van der Waals surface area contributed by atoms with Crippen molar-refractivity contribution in [3.05, 3.63) is 35.1 Å². The topological polar surface area (TPSA) is 187 Å². The molecule has 2 bridgehead atoms. The van der Waals surface area contributed by atoms with Gasteiger partial charge in [-0.25, -0.2) is 4.79 Å². The van der Waals surface area contributed by atoms with E-state index in [1.165, 1.54) is 56.6 Å². The molecule has 39 heavy (non-hydrogen) atoms. The number of aliphatic hydroxyl groups excluding tert-OH is 3. The van der Waals surface area contributed by atoms with Crippen molar-refractivity contribution in [3.63, 3.8) is 0 Å². The quantitative estimate of drug-likeness (QED) is 0.0828. The number of rotatable bonds is 8. The molecule has 2 aliphatic carbocycles. The number of amides is 1. The van der Waals surface area contributed by atoms with Crippen LogP contribution in [0.15, 0.2) is 35.1 Å². The Morgan fingerprint density at radius 2 is 1.97 bits per heavy atom. The first-order chi connectivity index (χ1) is 18.6. The number of aliphatic hydroxyl groups is 4. The van der Waals surface area contributed by atoms with Gasteiger partial charge in [-0.05, 0) is 35.2 Å². The van der Waals surface area contributed by atoms with E-state index in [1.807, 2.05) is 11.7 Å². The number of fused-ring (bicyclic) bond motifs is 2. The summed E-state index contributed by atoms with van der Waals surface area (Å²) < 4.78 is 16.3. The van der Waals surface area contributed by atoms with Crippen LogP contribution in [-0.2, 0) is 19.0 Å². The summed E-state index contributed by atoms with van der Waals surface area (Å²) in [7, 11) is 5.40. The van der Waals surface area contributed by atoms with Crippen LogP contribution in [0.2, 0.25) is 0 Å². The lowest BCUT2D eigenvalue weighted by Crippen LogP contribution is -2.62. The van der Waals surface area contributed by atoms with Gasteiger partial charge in [0.15, 0.2) is 18.0 Å². The van der Waals surface area contributed by atoms with Crippen molar-refractivity contribution in [2.75, 3.05) is 19.1 Å². The monoisotopic (exact) mass is 600 g/mol. The summed E-state index contributed by atoms with van der Waals surface area (Å²) in [5, 5.41) is 55.3. The van der Waals surface area contributed by atoms with E-state index < -0.39 is 66.0 Å². The highest BCUT2D eigenvalue weighted by Crippen LogP contribution is 2.40. The van der Waals surface area contributed by atoms with E-state index in [-0.39, 0.29) is 16.9 Å². The third kappa shape index (κ3) is 6.84. The van der Waals surface area contributed by atoms with E-state index in [0.717, 1.165) is 7.11 Å². The maximum atomic E-state index is 13.3. The molecule has 15 heteroatoms. The molecule has 8 atom stereocenters. The summed E-state index contributed by atoms with van der Waals surface area (Å²) in [6.45, 7) is 1.52. The number of hydroxylamine groups is 1. The Morgan fingerprint density at radius 1 is 1.26 bits per heavy atom. The van der Waals surface area contributed by atoms with Crippen LogP contribution < -0.4 is 10.8 Å². The van der Waals surface area contributed by atoms with Crippen molar-refractivity contribution in [1.29, 1.82) is 0 Å². The molecule has 1 saturated heterocycles. The minimum absolute atomic E-state index is 0.0638. The van der Waals surface area contributed by atoms with E-state index >= 15 is 0 Å². The van der Waals surface area contributed by atoms with Gasteiger partial charge in [-0.2, -0.15) is 5.48 Å². The van der Waals surface area contributed by atoms with Crippen LogP contribution in [0, 0.1) is 23.7 Å². The summed E-state index contributed by atoms with van der Waals surface area (Å²) in [6.07, 6.45) is -4.14. The normalized spacial score (nSPS) is 35.0. The van der Waals surface area contributed by atoms with Crippen LogP contribution in [0.3, 0.4) is 0 Å². The highest BCUT2D eigenvalue weighted by atomic mass is 33.5. The average molecular weight is 601 g/mol. The van der Waals surface area contributed by atoms with E-state index in [9.17, 15) is 35.2 Å². The van der Waals surface area contributed by atoms with E-state index in [1.54, 1.807) is 0 Å². The zero-order valence-corrected chi connectivity index (χ0v) is 23.4. The van der Waals surface area contributed by atoms with Gasteiger partial charge in [-0.3, -0.25) is 10.1 Å². The largest absolute Gasteiger partial charge is 0.453 e. The molecule has 212 valence electrons. The Balaban J connectivity index is 2.21. The van der Waals surface area contributed by atoms with Crippen LogP contribution in [0.1, 0.15) is 6.92 Å². The van der Waals surface area contributed by atoms with Crippen LogP contribution in [0.5, 0.6) is 0 Å². The molecule has 8 unspecified atom stereocenters. The van der Waals surface area contributed by atoms with E-state index in [0.29, 0.717) is 0 Å². The standard InChI is InChI=1S/C24H28N2O10S3/c1-12-16(26-33)18(27)20(29)22(35-12)36-14-8-6-4-5-7-10-24(32)13(9-11-38-39-37-3)15(14)17(19(28)21(24)30)25-23(31)34-2/h4-5,9,12,14,16,18,20-22,26-27,29-30,32-33H,11H2,1-3H3,(H,25,31). The van der Waals surface area contributed by atoms with Gasteiger partial charge >= 0.3 is 6.09 Å². The molecule has 0 aromatic carbocycles. The van der Waals surface area contributed by atoms with Gasteiger partial charge in [0.05, 0.1) is 25.0 Å². The minimum Gasteiger partial charge on any atom is -0.453 e. The Morgan fingerprint density at radius 3 is 2.64 bits per heavy atom. The lowest BCUT2D eigenvalue weighted by atomic mass is 9.73. The third-order valence-corrected chi connectivity index (χ3v) is 9.74. The fraction of sp³-hybridized carbons (Fsp3) is 0.500. The van der Waals surface area contributed by atoms with Gasteiger partial charge in [-0.1, -0.05) is 51.3 Å². The van der Waals surface area contributed by atoms with E-state index in [4.69, 9.17) is 9.47 Å². The number of ketones is 1. The van der Waals surface area contributed by atoms with Gasteiger partial charge in [0.1, 0.15) is 18.3 Å². The first-order valence-electron chi connectivity index (χ1n) is 11.4. The molecule has 0 saturated carbocycles. The molecule has 0 spiro atoms. The van der Waals surface area contributed by atoms with Crippen molar-refractivity contribution < 1.29 is 49.4 Å². The highest BCUT2D eigenvalue weighted by Gasteiger charge is 2.53. The molecule has 3 rings (SSSR count). The van der Waals surface area contributed by atoms with Crippen LogP contribution in [0.25, 0.3) is 0 Å². The summed E-state index contributed by atoms with van der Waals surface area (Å²) in [4.78, 5) is 25.6. The number of carbonyl (C=O) groups is 2. The van der Waals surface area contributed by atoms with Gasteiger partial charge < -0.3 is 39.8 Å². The number of carbonyl (C=O) groups excluding carboxylic acids is 2. The number of nitrogens with one attached hydrogen (secondary N) is 2. The molecule has 0 aromatic heterocycles. The Kier molecular flexibility index (Phi) is 11.4. The number of methoxy groups -OCH3 is 1. The van der Waals surface area contributed by atoms with Gasteiger partial charge in [0.25, 0.3) is 0 Å². The second kappa shape index (κ2) is 14.1. The summed E-state index contributed by atoms with van der Waals surface area (Å²) in [5.41, 5.74) is -1.22. The SMILES string of the molecule is COC(=O)NC1=C2C(=CCSSSC)C(O)(C#CC=CC#CC2OC2OC(C)C(NO)C(O)C2O)C(O)C1=O. The fourth-order valence-corrected chi connectivity index (χ4v) is 6.50. The average Bonchev–Trinajstić information content (AvgIpc) is 2.91. The number of ether oxygens (including phenoxy) is 3. The smallest absolute Gasteiger partial charge is 0.411 e. The zero-order valence-electron chi connectivity index (χ0n) is 21.0. The van der Waals surface area contributed by atoms with Crippen molar-refractivity contribution in [2.24, 2.45) is 0 Å². The molecule has 0 aromatic rings. The summed E-state index contributed by atoms with van der Waals surface area (Å²) in [5.74, 6) is 9.73. The molecule has 1 heterocycles. The predicted molar refractivity (Wildman–Crippen MR) is 145 cm³/mol. The van der Waals surface area contributed by atoms with Crippen molar-refractivity contribution in [3.8, 4) is 23.7 Å². The van der Waals surface area contributed by atoms with Crippen LogP contribution in [0.4, 0.5) is 4.79 Å². The molecule has 7 N–H and O–H groups in total. The molecular weight excluding hydrogens is 572 g/mol. The molecule has 3 aliphatic rings. The minimum atomic E-state index is -2.42. The first kappa shape index (κ1) is 31.5. The third-order valence-electron chi connectivity index (χ3n) is 6.00. The molecule has 1 aliphatic heterocycles. The number of alkyl carbamates (subject to hydrolysis) is 1. The van der Waals surface area contributed by atoms with Crippen molar-refractivity contribution in [1.82, 2.24) is 10.8 Å². The van der Waals surface area contributed by atoms with Gasteiger partial charge in [0, 0.05) is 16.9 Å². The number of hydrogen-bond donors (Lipinski definition) is 7. The van der Waals surface area contributed by atoms with Crippen molar-refractivity contribution >= 4 is 43.3 Å². The number of allylic oxidation sites excluding steroid dienone is 2. The lowest BCUT2D eigenvalue weighted by Gasteiger charge is -2.43. The van der Waals surface area contributed by atoms with Gasteiger partial charge in [-0.15, -0.1) is 0 Å². The number of hydrogen-bond acceptors (Lipinski definition) is 14. The molecule has 1 fully saturated rings. The fourth-order valence-electron chi connectivity index (χ4n) is 4.08. The molecule has 12 nitrogen and oxygen atoms in total. The molecule has 0 radical (unpaired) electrons. The molecule has 1 amide bonds. The zero-order chi connectivity index (χ0) is 28.7. The van der Waals surface area contributed by atoms with E-state index in [2.05, 4.69) is 33.7 Å². The number of Topliss-reactive ketones (excluding diaryl/α,β-unsaturated/α-hetero) is 1. The second-order valence-corrected chi connectivity index (χ2v) is 12.7. The molecular formula is C24H28N2O10S3. The summed E-state index contributed by atoms with van der Waals surface area (Å²) in [6, 6.07) is -1.04. The van der Waals surface area contributed by atoms with Gasteiger partial charge in [0.2, 0.25) is 5.78 Å². The predicted octanol–water partition coefficient (Wildman–Crippen LogP) is -0.367. The Bertz CT molecular complexity index is 1170. The van der Waals surface area contributed by atoms with Crippen LogP contribution >= 0.6 is 31.4 Å². The first-order valence-corrected chi connectivity index (χ1v) is 15.5. The van der Waals surface area contributed by atoms with Crippen molar-refractivity contribution in [2.45, 2.75) is 55.4 Å². The Hall–Kier alpha value is -1.99. The Labute approximate surface area is 236 Å². The highest BCUT2D eigenvalue weighted by molar-refractivity contribution is 9.09. The maximum absolute atomic E-state index is 13.3. The lowest BCUT2D eigenvalue weighted by molar-refractivity contribution is -0.283. The maximum Gasteiger partial charge on any atom is 0.411 e. The second-order valence-electron chi connectivity index (χ2n) is 8.33.